The van der Waals surface area contributed by atoms with Gasteiger partial charge in [-0.15, -0.1) is 28.1 Å². The maximum Gasteiger partial charge on any atom is 0.235 e. The Morgan fingerprint density at radius 3 is 2.94 bits per heavy atom. The number of thiophene rings is 1. The van der Waals surface area contributed by atoms with E-state index in [-0.39, 0.29) is 11.7 Å². The van der Waals surface area contributed by atoms with Crippen LogP contribution in [0, 0.1) is 11.3 Å². The van der Waals surface area contributed by atoms with Crippen LogP contribution >= 0.6 is 46.3 Å². The number of hydrogen-bond donors (Lipinski definition) is 1. The average Bonchev–Trinajstić information content (AvgIpc) is 3.32. The van der Waals surface area contributed by atoms with Gasteiger partial charge in [0.05, 0.1) is 16.3 Å². The van der Waals surface area contributed by atoms with Crippen LogP contribution in [0.1, 0.15) is 54.1 Å². The molecule has 36 heavy (non-hydrogen) atoms. The molecular weight excluding hydrogens is 537 g/mol. The molecule has 0 aliphatic heterocycles. The summed E-state index contributed by atoms with van der Waals surface area (Å²) in [5.74, 6) is 0.944. The minimum Gasteiger partial charge on any atom is -0.481 e. The molecule has 0 saturated carbocycles. The van der Waals surface area contributed by atoms with Crippen molar-refractivity contribution in [3.05, 3.63) is 62.7 Å². The highest BCUT2D eigenvalue weighted by atomic mass is 35.5. The fourth-order valence-electron chi connectivity index (χ4n) is 4.06. The third-order valence-electron chi connectivity index (χ3n) is 5.74. The van der Waals surface area contributed by atoms with Gasteiger partial charge in [0.25, 0.3) is 0 Å². The zero-order valence-electron chi connectivity index (χ0n) is 19.7. The number of allylic oxidation sites excluding steroid dienone is 1. The lowest BCUT2D eigenvalue weighted by Crippen LogP contribution is -2.15. The molecule has 2 aromatic heterocycles. The van der Waals surface area contributed by atoms with E-state index in [2.05, 4.69) is 28.2 Å². The SMILES string of the molecule is C=CCn1c(SCC(=O)Nc2sc3c(c2C#N)CCCCC3)nnc1C(C)Oc1cc(Cl)ccc1Cl. The van der Waals surface area contributed by atoms with Crippen molar-refractivity contribution < 1.29 is 9.53 Å². The Morgan fingerprint density at radius 2 is 2.17 bits per heavy atom. The van der Waals surface area contributed by atoms with Gasteiger partial charge in [0.15, 0.2) is 17.1 Å². The molecule has 7 nitrogen and oxygen atoms in total. The Balaban J connectivity index is 1.45. The van der Waals surface area contributed by atoms with Crippen LogP contribution in [0.4, 0.5) is 5.00 Å². The normalized spacial score (nSPS) is 13.8. The maximum absolute atomic E-state index is 12.8. The number of hydrogen-bond acceptors (Lipinski definition) is 7. The van der Waals surface area contributed by atoms with E-state index in [0.29, 0.717) is 43.9 Å². The summed E-state index contributed by atoms with van der Waals surface area (Å²) in [7, 11) is 0. The summed E-state index contributed by atoms with van der Waals surface area (Å²) in [6.45, 7) is 6.11. The van der Waals surface area contributed by atoms with Crippen molar-refractivity contribution in [1.29, 1.82) is 5.26 Å². The molecule has 4 rings (SSSR count). The minimum absolute atomic E-state index is 0.123. The van der Waals surface area contributed by atoms with E-state index in [1.54, 1.807) is 24.3 Å². The van der Waals surface area contributed by atoms with Crippen molar-refractivity contribution >= 4 is 57.2 Å². The topological polar surface area (TPSA) is 92.8 Å². The molecule has 1 amide bonds. The number of ether oxygens (including phenoxy) is 1. The Morgan fingerprint density at radius 1 is 1.36 bits per heavy atom. The highest BCUT2D eigenvalue weighted by Crippen LogP contribution is 2.37. The van der Waals surface area contributed by atoms with Crippen LogP contribution < -0.4 is 10.1 Å². The number of carbonyl (C=O) groups excluding carboxylic acids is 1. The molecule has 2 heterocycles. The maximum atomic E-state index is 12.8. The first-order valence-electron chi connectivity index (χ1n) is 11.5. The molecule has 11 heteroatoms. The van der Waals surface area contributed by atoms with Gasteiger partial charge < -0.3 is 10.1 Å². The predicted octanol–water partition coefficient (Wildman–Crippen LogP) is 6.84. The van der Waals surface area contributed by atoms with E-state index in [4.69, 9.17) is 27.9 Å². The quantitative estimate of drug-likeness (QED) is 0.174. The van der Waals surface area contributed by atoms with Gasteiger partial charge in [-0.25, -0.2) is 0 Å². The largest absolute Gasteiger partial charge is 0.481 e. The lowest BCUT2D eigenvalue weighted by molar-refractivity contribution is -0.113. The summed E-state index contributed by atoms with van der Waals surface area (Å²) in [4.78, 5) is 14.0. The third kappa shape index (κ3) is 6.06. The number of anilines is 1. The molecule has 0 radical (unpaired) electrons. The third-order valence-corrected chi connectivity index (χ3v) is 8.46. The van der Waals surface area contributed by atoms with Crippen LogP contribution in [-0.2, 0) is 24.2 Å². The van der Waals surface area contributed by atoms with Crippen LogP contribution in [0.25, 0.3) is 0 Å². The van der Waals surface area contributed by atoms with E-state index in [9.17, 15) is 10.1 Å². The van der Waals surface area contributed by atoms with Gasteiger partial charge in [-0.1, -0.05) is 47.5 Å². The zero-order valence-corrected chi connectivity index (χ0v) is 22.9. The first kappa shape index (κ1) is 26.6. The fraction of sp³-hybridized carbons (Fsp3) is 0.360. The number of thioether (sulfide) groups is 1. The summed E-state index contributed by atoms with van der Waals surface area (Å²) >= 11 is 15.1. The van der Waals surface area contributed by atoms with Crippen molar-refractivity contribution in [3.8, 4) is 11.8 Å². The molecular formula is C25H25Cl2N5O2S2. The van der Waals surface area contributed by atoms with Crippen LogP contribution in [0.5, 0.6) is 5.75 Å². The minimum atomic E-state index is -0.476. The molecule has 1 aliphatic carbocycles. The number of amides is 1. The Kier molecular flexibility index (Phi) is 8.96. The summed E-state index contributed by atoms with van der Waals surface area (Å²) in [5, 5.41) is 23.4. The average molecular weight is 563 g/mol. The lowest BCUT2D eigenvalue weighted by Gasteiger charge is -2.16. The van der Waals surface area contributed by atoms with Crippen LogP contribution in [0.15, 0.2) is 36.0 Å². The Bertz CT molecular complexity index is 1310. The van der Waals surface area contributed by atoms with E-state index >= 15 is 0 Å². The molecule has 1 unspecified atom stereocenters. The van der Waals surface area contributed by atoms with Gasteiger partial charge >= 0.3 is 0 Å². The Labute approximate surface area is 228 Å². The molecule has 0 saturated heterocycles. The van der Waals surface area contributed by atoms with Crippen molar-refractivity contribution in [2.24, 2.45) is 0 Å². The number of aryl methyl sites for hydroxylation is 1. The number of rotatable bonds is 9. The first-order valence-corrected chi connectivity index (χ1v) is 14.1. The lowest BCUT2D eigenvalue weighted by atomic mass is 10.1. The summed E-state index contributed by atoms with van der Waals surface area (Å²) < 4.78 is 7.85. The first-order chi connectivity index (χ1) is 17.4. The van der Waals surface area contributed by atoms with Gasteiger partial charge in [-0.2, -0.15) is 5.26 Å². The van der Waals surface area contributed by atoms with E-state index < -0.39 is 6.10 Å². The second-order valence-electron chi connectivity index (χ2n) is 8.29. The monoisotopic (exact) mass is 561 g/mol. The number of carbonyl (C=O) groups is 1. The van der Waals surface area contributed by atoms with E-state index in [1.165, 1.54) is 34.4 Å². The van der Waals surface area contributed by atoms with Crippen molar-refractivity contribution in [1.82, 2.24) is 14.8 Å². The Hall–Kier alpha value is -2.51. The molecule has 1 aromatic carbocycles. The molecule has 188 valence electrons. The smallest absolute Gasteiger partial charge is 0.235 e. The zero-order chi connectivity index (χ0) is 25.7. The van der Waals surface area contributed by atoms with Crippen molar-refractivity contribution in [2.45, 2.75) is 56.8 Å². The standard InChI is InChI=1S/C25H25Cl2N5O2S2/c1-3-11-32-23(15(2)34-20-12-16(26)9-10-19(20)27)30-31-25(32)35-14-22(33)29-24-18(13-28)17-7-5-4-6-8-21(17)36-24/h3,9-10,12,15H,1,4-8,11,14H2,2H3,(H,29,33). The highest BCUT2D eigenvalue weighted by molar-refractivity contribution is 7.99. The fourth-order valence-corrected chi connectivity index (χ4v) is 6.40. The number of aromatic nitrogens is 3. The van der Waals surface area contributed by atoms with Gasteiger partial charge in [0, 0.05) is 22.5 Å². The number of halogens is 2. The highest BCUT2D eigenvalue weighted by Gasteiger charge is 2.23. The van der Waals surface area contributed by atoms with E-state index in [0.717, 1.165) is 31.2 Å². The molecule has 0 spiro atoms. The predicted molar refractivity (Wildman–Crippen MR) is 145 cm³/mol. The van der Waals surface area contributed by atoms with Crippen LogP contribution in [0.3, 0.4) is 0 Å². The van der Waals surface area contributed by atoms with E-state index in [1.807, 2.05) is 11.5 Å². The van der Waals surface area contributed by atoms with Gasteiger partial charge in [-0.05, 0) is 50.3 Å². The van der Waals surface area contributed by atoms with Gasteiger partial charge in [0.1, 0.15) is 16.8 Å². The van der Waals surface area contributed by atoms with Gasteiger partial charge in [-0.3, -0.25) is 9.36 Å². The summed E-state index contributed by atoms with van der Waals surface area (Å²) in [6, 6.07) is 7.30. The van der Waals surface area contributed by atoms with Crippen LogP contribution in [-0.4, -0.2) is 26.4 Å². The number of fused-ring (bicyclic) bond motifs is 1. The molecule has 3 aromatic rings. The summed E-state index contributed by atoms with van der Waals surface area (Å²) in [6.07, 6.45) is 6.49. The number of nitrogens with one attached hydrogen (secondary N) is 1. The molecule has 1 N–H and O–H groups in total. The number of benzene rings is 1. The van der Waals surface area contributed by atoms with Crippen molar-refractivity contribution in [2.75, 3.05) is 11.1 Å². The van der Waals surface area contributed by atoms with Gasteiger partial charge in [0.2, 0.25) is 5.91 Å². The van der Waals surface area contributed by atoms with Crippen LogP contribution in [0.2, 0.25) is 10.0 Å². The molecule has 0 bridgehead atoms. The second kappa shape index (κ2) is 12.2. The molecule has 1 aliphatic rings. The molecule has 1 atom stereocenters. The van der Waals surface area contributed by atoms with Crippen molar-refractivity contribution in [3.63, 3.8) is 0 Å². The summed E-state index contributed by atoms with van der Waals surface area (Å²) in [5.41, 5.74) is 1.71. The number of nitrogens with zero attached hydrogens (tertiary/aromatic N) is 4. The second-order valence-corrected chi connectivity index (χ2v) is 11.2. The number of nitriles is 1. The molecule has 0 fully saturated rings.